The second kappa shape index (κ2) is 4.54. The summed E-state index contributed by atoms with van der Waals surface area (Å²) >= 11 is 3.40. The van der Waals surface area contributed by atoms with Crippen LogP contribution in [0, 0.1) is 11.8 Å². The first-order chi connectivity index (χ1) is 7.16. The standard InChI is InChI=1S/C12H16BrNO/c1-8-4-9(8)6-14-7-10-5-11(13)2-3-12(10)15/h2-3,5,8-9,14-15H,4,6-7H2,1H3. The number of rotatable bonds is 4. The SMILES string of the molecule is CC1CC1CNCc1cc(Br)ccc1O. The highest BCUT2D eigenvalue weighted by molar-refractivity contribution is 9.10. The van der Waals surface area contributed by atoms with Gasteiger partial charge in [0.1, 0.15) is 5.75 Å². The highest BCUT2D eigenvalue weighted by atomic mass is 79.9. The highest BCUT2D eigenvalue weighted by Crippen LogP contribution is 2.36. The van der Waals surface area contributed by atoms with Gasteiger partial charge in [0.05, 0.1) is 0 Å². The van der Waals surface area contributed by atoms with Crippen molar-refractivity contribution in [2.45, 2.75) is 19.9 Å². The summed E-state index contributed by atoms with van der Waals surface area (Å²) in [5, 5.41) is 13.0. The minimum Gasteiger partial charge on any atom is -0.508 e. The van der Waals surface area contributed by atoms with Gasteiger partial charge in [-0.1, -0.05) is 22.9 Å². The normalized spacial score (nSPS) is 24.1. The number of phenolic OH excluding ortho intramolecular Hbond substituents is 1. The number of nitrogens with one attached hydrogen (secondary N) is 1. The summed E-state index contributed by atoms with van der Waals surface area (Å²) in [5.41, 5.74) is 0.956. The van der Waals surface area contributed by atoms with Crippen LogP contribution in [-0.4, -0.2) is 11.7 Å². The largest absolute Gasteiger partial charge is 0.508 e. The number of hydrogen-bond acceptors (Lipinski definition) is 2. The lowest BCUT2D eigenvalue weighted by atomic mass is 10.2. The number of aromatic hydroxyl groups is 1. The third kappa shape index (κ3) is 2.95. The average molecular weight is 270 g/mol. The molecular formula is C12H16BrNO. The molecule has 15 heavy (non-hydrogen) atoms. The molecule has 2 rings (SSSR count). The van der Waals surface area contributed by atoms with E-state index in [0.29, 0.717) is 5.75 Å². The maximum absolute atomic E-state index is 9.61. The van der Waals surface area contributed by atoms with Crippen molar-refractivity contribution in [2.75, 3.05) is 6.54 Å². The minimum absolute atomic E-state index is 0.370. The average Bonchev–Trinajstić information content (AvgIpc) is 2.88. The van der Waals surface area contributed by atoms with Gasteiger partial charge in [-0.2, -0.15) is 0 Å². The van der Waals surface area contributed by atoms with Gasteiger partial charge >= 0.3 is 0 Å². The Morgan fingerprint density at radius 3 is 2.93 bits per heavy atom. The maximum atomic E-state index is 9.61. The number of benzene rings is 1. The van der Waals surface area contributed by atoms with Crippen LogP contribution in [0.5, 0.6) is 5.75 Å². The molecule has 0 bridgehead atoms. The lowest BCUT2D eigenvalue weighted by Gasteiger charge is -2.06. The van der Waals surface area contributed by atoms with Gasteiger partial charge in [0, 0.05) is 16.6 Å². The molecule has 1 fully saturated rings. The quantitative estimate of drug-likeness (QED) is 0.881. The van der Waals surface area contributed by atoms with Gasteiger partial charge in [-0.25, -0.2) is 0 Å². The van der Waals surface area contributed by atoms with E-state index in [1.54, 1.807) is 6.07 Å². The molecule has 0 aromatic heterocycles. The van der Waals surface area contributed by atoms with E-state index < -0.39 is 0 Å². The van der Waals surface area contributed by atoms with Gasteiger partial charge < -0.3 is 10.4 Å². The maximum Gasteiger partial charge on any atom is 0.120 e. The molecule has 0 radical (unpaired) electrons. The fraction of sp³-hybridized carbons (Fsp3) is 0.500. The molecule has 2 atom stereocenters. The van der Waals surface area contributed by atoms with Crippen LogP contribution in [-0.2, 0) is 6.54 Å². The van der Waals surface area contributed by atoms with Crippen LogP contribution < -0.4 is 5.32 Å². The lowest BCUT2D eigenvalue weighted by molar-refractivity contribution is 0.463. The monoisotopic (exact) mass is 269 g/mol. The predicted octanol–water partition coefficient (Wildman–Crippen LogP) is 2.90. The smallest absolute Gasteiger partial charge is 0.120 e. The van der Waals surface area contributed by atoms with Crippen molar-refractivity contribution in [3.8, 4) is 5.75 Å². The molecule has 1 aromatic carbocycles. The van der Waals surface area contributed by atoms with Crippen molar-refractivity contribution in [1.29, 1.82) is 0 Å². The van der Waals surface area contributed by atoms with Crippen LogP contribution in [0.25, 0.3) is 0 Å². The van der Waals surface area contributed by atoms with E-state index in [1.807, 2.05) is 12.1 Å². The van der Waals surface area contributed by atoms with Crippen molar-refractivity contribution in [1.82, 2.24) is 5.32 Å². The Balaban J connectivity index is 1.84. The molecule has 1 aliphatic carbocycles. The molecule has 0 heterocycles. The van der Waals surface area contributed by atoms with Gasteiger partial charge in [0.25, 0.3) is 0 Å². The van der Waals surface area contributed by atoms with Crippen LogP contribution in [0.15, 0.2) is 22.7 Å². The van der Waals surface area contributed by atoms with Crippen LogP contribution in [0.3, 0.4) is 0 Å². The fourth-order valence-corrected chi connectivity index (χ4v) is 2.18. The summed E-state index contributed by atoms with van der Waals surface area (Å²) in [6.07, 6.45) is 1.34. The van der Waals surface area contributed by atoms with E-state index in [9.17, 15) is 5.11 Å². The Kier molecular flexibility index (Phi) is 3.32. The molecule has 3 heteroatoms. The Hall–Kier alpha value is -0.540. The van der Waals surface area contributed by atoms with E-state index in [4.69, 9.17) is 0 Å². The zero-order valence-corrected chi connectivity index (χ0v) is 10.4. The molecule has 1 aromatic rings. The van der Waals surface area contributed by atoms with Crippen molar-refractivity contribution in [2.24, 2.45) is 11.8 Å². The topological polar surface area (TPSA) is 32.3 Å². The van der Waals surface area contributed by atoms with E-state index in [1.165, 1.54) is 6.42 Å². The summed E-state index contributed by atoms with van der Waals surface area (Å²) in [6.45, 7) is 4.09. The number of halogens is 1. The molecule has 0 spiro atoms. The third-order valence-electron chi connectivity index (χ3n) is 3.04. The molecule has 0 aliphatic heterocycles. The predicted molar refractivity (Wildman–Crippen MR) is 64.8 cm³/mol. The van der Waals surface area contributed by atoms with E-state index in [-0.39, 0.29) is 0 Å². The van der Waals surface area contributed by atoms with Crippen LogP contribution in [0.4, 0.5) is 0 Å². The Labute approximate surface area is 98.8 Å². The molecule has 1 saturated carbocycles. The molecule has 0 saturated heterocycles. The van der Waals surface area contributed by atoms with Gasteiger partial charge in [0.15, 0.2) is 0 Å². The molecule has 2 nitrogen and oxygen atoms in total. The Morgan fingerprint density at radius 2 is 2.27 bits per heavy atom. The van der Waals surface area contributed by atoms with Gasteiger partial charge in [-0.3, -0.25) is 0 Å². The first kappa shape index (κ1) is 11.0. The third-order valence-corrected chi connectivity index (χ3v) is 3.53. The summed E-state index contributed by atoms with van der Waals surface area (Å²) < 4.78 is 1.01. The number of phenols is 1. The van der Waals surface area contributed by atoms with Gasteiger partial charge in [0.2, 0.25) is 0 Å². The molecule has 2 unspecified atom stereocenters. The zero-order valence-electron chi connectivity index (χ0n) is 8.83. The van der Waals surface area contributed by atoms with Crippen LogP contribution in [0.1, 0.15) is 18.9 Å². The van der Waals surface area contributed by atoms with Crippen molar-refractivity contribution >= 4 is 15.9 Å². The molecule has 2 N–H and O–H groups in total. The summed E-state index contributed by atoms with van der Waals surface area (Å²) in [7, 11) is 0. The fourth-order valence-electron chi connectivity index (χ4n) is 1.77. The first-order valence-corrected chi connectivity index (χ1v) is 6.14. The highest BCUT2D eigenvalue weighted by Gasteiger charge is 2.31. The van der Waals surface area contributed by atoms with Crippen molar-refractivity contribution in [3.05, 3.63) is 28.2 Å². The lowest BCUT2D eigenvalue weighted by Crippen LogP contribution is -2.16. The summed E-state index contributed by atoms with van der Waals surface area (Å²) in [5.74, 6) is 2.10. The summed E-state index contributed by atoms with van der Waals surface area (Å²) in [4.78, 5) is 0. The number of hydrogen-bond donors (Lipinski definition) is 2. The van der Waals surface area contributed by atoms with Crippen LogP contribution >= 0.6 is 15.9 Å². The van der Waals surface area contributed by atoms with E-state index in [2.05, 4.69) is 28.2 Å². The van der Waals surface area contributed by atoms with Gasteiger partial charge in [-0.15, -0.1) is 0 Å². The molecular weight excluding hydrogens is 254 g/mol. The second-order valence-corrected chi connectivity index (χ2v) is 5.29. The molecule has 0 amide bonds. The minimum atomic E-state index is 0.370. The molecule has 82 valence electrons. The second-order valence-electron chi connectivity index (χ2n) is 4.38. The van der Waals surface area contributed by atoms with E-state index >= 15 is 0 Å². The zero-order chi connectivity index (χ0) is 10.8. The van der Waals surface area contributed by atoms with Crippen molar-refractivity contribution in [3.63, 3.8) is 0 Å². The molecule has 1 aliphatic rings. The van der Waals surface area contributed by atoms with Gasteiger partial charge in [-0.05, 0) is 43.0 Å². The van der Waals surface area contributed by atoms with Crippen LogP contribution in [0.2, 0.25) is 0 Å². The van der Waals surface area contributed by atoms with E-state index in [0.717, 1.165) is 35.0 Å². The Bertz CT molecular complexity index is 353. The summed E-state index contributed by atoms with van der Waals surface area (Å²) in [6, 6.07) is 5.53. The first-order valence-electron chi connectivity index (χ1n) is 5.35. The van der Waals surface area contributed by atoms with Crippen molar-refractivity contribution < 1.29 is 5.11 Å². The Morgan fingerprint density at radius 1 is 1.53 bits per heavy atom.